The fraction of sp³-hybridized carbons (Fsp3) is 0.600. The number of aromatic nitrogens is 6. The Labute approximate surface area is 290 Å². The van der Waals surface area contributed by atoms with Gasteiger partial charge in [0.15, 0.2) is 17.4 Å². The van der Waals surface area contributed by atoms with Gasteiger partial charge in [-0.25, -0.2) is 29.9 Å². The normalized spacial score (nSPS) is 33.5. The van der Waals surface area contributed by atoms with Gasteiger partial charge in [0.2, 0.25) is 0 Å². The van der Waals surface area contributed by atoms with Gasteiger partial charge in [0, 0.05) is 61.9 Å². The molecule has 15 heteroatoms. The van der Waals surface area contributed by atoms with Crippen molar-refractivity contribution < 1.29 is 34.3 Å². The van der Waals surface area contributed by atoms with Crippen LogP contribution in [0, 0.1) is 0 Å². The molecule has 0 saturated carbocycles. The number of hydrogen-bond acceptors (Lipinski definition) is 13. The molecule has 0 bridgehead atoms. The minimum atomic E-state index is -1.52. The van der Waals surface area contributed by atoms with Crippen LogP contribution in [-0.4, -0.2) is 105 Å². The summed E-state index contributed by atoms with van der Waals surface area (Å²) < 4.78 is 29.0. The van der Waals surface area contributed by atoms with Crippen molar-refractivity contribution in [3.8, 4) is 0 Å². The zero-order chi connectivity index (χ0) is 34.3. The zero-order valence-electron chi connectivity index (χ0n) is 28.2. The molecular formula is C35H46N8O7. The summed E-state index contributed by atoms with van der Waals surface area (Å²) in [6.07, 6.45) is 10.1. The number of nitrogens with zero attached hydrogens (tertiary/aromatic N) is 8. The predicted molar refractivity (Wildman–Crippen MR) is 185 cm³/mol. The smallest absolute Gasteiger partial charge is 0.179 e. The second kappa shape index (κ2) is 12.5. The first-order chi connectivity index (χ1) is 23.5. The van der Waals surface area contributed by atoms with Crippen LogP contribution in [0.3, 0.4) is 0 Å². The average Bonchev–Trinajstić information content (AvgIpc) is 3.72. The molecule has 3 saturated heterocycles. The molecule has 4 aromatic rings. The summed E-state index contributed by atoms with van der Waals surface area (Å²) in [5.74, 6) is 0.674. The van der Waals surface area contributed by atoms with E-state index >= 15 is 0 Å². The van der Waals surface area contributed by atoms with Gasteiger partial charge in [-0.15, -0.1) is 0 Å². The summed E-state index contributed by atoms with van der Waals surface area (Å²) in [5.41, 5.74) is 2.92. The minimum absolute atomic E-state index is 0. The molecule has 0 aromatic carbocycles. The molecule has 50 heavy (non-hydrogen) atoms. The molecule has 3 fully saturated rings. The van der Waals surface area contributed by atoms with Gasteiger partial charge in [0.1, 0.15) is 65.4 Å². The van der Waals surface area contributed by atoms with E-state index in [-0.39, 0.29) is 32.3 Å². The molecule has 8 atom stereocenters. The molecule has 5 aliphatic heterocycles. The number of aliphatic hydroxyl groups is 3. The Kier molecular flexibility index (Phi) is 8.69. The van der Waals surface area contributed by atoms with Crippen molar-refractivity contribution in [3.63, 3.8) is 0 Å². The van der Waals surface area contributed by atoms with Crippen molar-refractivity contribution in [2.45, 2.75) is 128 Å². The molecule has 268 valence electrons. The Bertz CT molecular complexity index is 1970. The van der Waals surface area contributed by atoms with Gasteiger partial charge >= 0.3 is 0 Å². The molecule has 0 spiro atoms. The number of aliphatic hydroxyl groups excluding tert-OH is 2. The average molecular weight is 691 g/mol. The number of ether oxygens (including phenoxy) is 4. The maximum absolute atomic E-state index is 10.7. The zero-order valence-corrected chi connectivity index (χ0v) is 28.2. The molecular weight excluding hydrogens is 644 g/mol. The Morgan fingerprint density at radius 1 is 0.820 bits per heavy atom. The third-order valence-corrected chi connectivity index (χ3v) is 10.3. The van der Waals surface area contributed by atoms with Crippen LogP contribution in [0.2, 0.25) is 0 Å². The Morgan fingerprint density at radius 2 is 1.36 bits per heavy atom. The first-order valence-corrected chi connectivity index (χ1v) is 16.9. The number of rotatable bonds is 4. The molecule has 0 aliphatic carbocycles. The molecule has 0 radical (unpaired) electrons. The van der Waals surface area contributed by atoms with Gasteiger partial charge in [-0.2, -0.15) is 0 Å². The first kappa shape index (κ1) is 34.7. The SMILES string of the molecule is C.CC[C@H]1O[C@@H](c2cn3c4c(ncnc24)N=CCC3)[C@]2(C)OC(C)(C)O[C@H]12.C[C@@]1(O)[C@H](O)[C@@H](CO)O[C@H]1c1cn2c3c(ncnc13)N=CCC2. The van der Waals surface area contributed by atoms with E-state index in [0.29, 0.717) is 16.9 Å². The Hall–Kier alpha value is -3.70. The van der Waals surface area contributed by atoms with E-state index in [2.05, 4.69) is 54.5 Å². The monoisotopic (exact) mass is 690 g/mol. The van der Waals surface area contributed by atoms with E-state index < -0.39 is 35.3 Å². The molecule has 9 heterocycles. The topological polar surface area (TPSA) is 184 Å². The highest BCUT2D eigenvalue weighted by Gasteiger charge is 2.63. The molecule has 3 N–H and O–H groups in total. The van der Waals surface area contributed by atoms with E-state index in [0.717, 1.165) is 60.3 Å². The number of aliphatic imine (C=N–C) groups is 2. The molecule has 9 rings (SSSR count). The lowest BCUT2D eigenvalue weighted by atomic mass is 9.89. The fourth-order valence-electron chi connectivity index (χ4n) is 8.10. The summed E-state index contributed by atoms with van der Waals surface area (Å²) in [6.45, 7) is 10.9. The lowest BCUT2D eigenvalue weighted by Crippen LogP contribution is -2.42. The minimum Gasteiger partial charge on any atom is -0.394 e. The van der Waals surface area contributed by atoms with Crippen LogP contribution in [0.25, 0.3) is 22.1 Å². The van der Waals surface area contributed by atoms with Crippen molar-refractivity contribution in [2.24, 2.45) is 9.98 Å². The highest BCUT2D eigenvalue weighted by Crippen LogP contribution is 2.54. The summed E-state index contributed by atoms with van der Waals surface area (Å²) in [6, 6.07) is 0. The summed E-state index contributed by atoms with van der Waals surface area (Å²) in [5, 5.41) is 30.2. The maximum Gasteiger partial charge on any atom is 0.179 e. The molecule has 5 aliphatic rings. The first-order valence-electron chi connectivity index (χ1n) is 16.9. The summed E-state index contributed by atoms with van der Waals surface area (Å²) in [7, 11) is 0. The third-order valence-electron chi connectivity index (χ3n) is 10.3. The van der Waals surface area contributed by atoms with E-state index in [1.165, 1.54) is 13.3 Å². The second-order valence-electron chi connectivity index (χ2n) is 14.1. The third kappa shape index (κ3) is 5.29. The van der Waals surface area contributed by atoms with Crippen molar-refractivity contribution in [1.82, 2.24) is 29.1 Å². The van der Waals surface area contributed by atoms with Gasteiger partial charge < -0.3 is 43.4 Å². The van der Waals surface area contributed by atoms with E-state index in [4.69, 9.17) is 18.9 Å². The summed E-state index contributed by atoms with van der Waals surface area (Å²) >= 11 is 0. The lowest BCUT2D eigenvalue weighted by Gasteiger charge is -2.29. The summed E-state index contributed by atoms with van der Waals surface area (Å²) in [4.78, 5) is 26.3. The molecule has 4 aromatic heterocycles. The van der Waals surface area contributed by atoms with Gasteiger partial charge in [0.05, 0.1) is 23.7 Å². The van der Waals surface area contributed by atoms with Crippen LogP contribution in [0.4, 0.5) is 11.6 Å². The number of hydrogen-bond donors (Lipinski definition) is 3. The highest BCUT2D eigenvalue weighted by atomic mass is 16.8. The molecule has 0 unspecified atom stereocenters. The maximum atomic E-state index is 10.7. The van der Waals surface area contributed by atoms with E-state index in [1.807, 2.05) is 37.0 Å². The Morgan fingerprint density at radius 3 is 1.88 bits per heavy atom. The highest BCUT2D eigenvalue weighted by molar-refractivity contribution is 5.91. The van der Waals surface area contributed by atoms with Crippen LogP contribution < -0.4 is 0 Å². The van der Waals surface area contributed by atoms with Gasteiger partial charge in [-0.05, 0) is 34.1 Å². The van der Waals surface area contributed by atoms with Crippen molar-refractivity contribution in [2.75, 3.05) is 6.61 Å². The predicted octanol–water partition coefficient (Wildman–Crippen LogP) is 4.01. The Balaban J connectivity index is 0.000000155. The quantitative estimate of drug-likeness (QED) is 0.281. The van der Waals surface area contributed by atoms with Gasteiger partial charge in [0.25, 0.3) is 0 Å². The van der Waals surface area contributed by atoms with Crippen LogP contribution in [0.15, 0.2) is 35.0 Å². The fourth-order valence-corrected chi connectivity index (χ4v) is 8.10. The molecule has 15 nitrogen and oxygen atoms in total. The van der Waals surface area contributed by atoms with Crippen LogP contribution in [0.1, 0.15) is 84.6 Å². The largest absolute Gasteiger partial charge is 0.394 e. The second-order valence-corrected chi connectivity index (χ2v) is 14.1. The number of aryl methyl sites for hydroxylation is 2. The molecule has 0 amide bonds. The van der Waals surface area contributed by atoms with Gasteiger partial charge in [-0.3, -0.25) is 0 Å². The van der Waals surface area contributed by atoms with Crippen LogP contribution in [0.5, 0.6) is 0 Å². The van der Waals surface area contributed by atoms with Crippen LogP contribution >= 0.6 is 0 Å². The van der Waals surface area contributed by atoms with Crippen molar-refractivity contribution >= 4 is 46.1 Å². The van der Waals surface area contributed by atoms with E-state index in [9.17, 15) is 15.3 Å². The standard InChI is InChI=1S/C19H24N4O3.C15H18N4O4.CH4/c1-5-12-16-19(4,26-18(2,3)25-16)15(24-12)11-9-23-8-6-7-20-17-14(23)13(11)21-10-22-17;1-15(22)12(21)9(6-20)23-13(15)8-5-19-4-2-3-16-14-11(19)10(8)17-7-18-14;/h7,9-10,12,15-16H,5-6,8H2,1-4H3;3,5,7,9,12-13,20-22H,2,4,6H2,1H3;1H4/t12-,15+,16-,19+;9-,12-,13+,15-;/m11./s1. The van der Waals surface area contributed by atoms with E-state index in [1.54, 1.807) is 6.33 Å². The van der Waals surface area contributed by atoms with Crippen molar-refractivity contribution in [3.05, 3.63) is 36.2 Å². The van der Waals surface area contributed by atoms with Crippen molar-refractivity contribution in [1.29, 1.82) is 0 Å². The number of fused-ring (bicyclic) bond motifs is 1. The van der Waals surface area contributed by atoms with Crippen LogP contribution in [-0.2, 0) is 32.0 Å². The lowest BCUT2D eigenvalue weighted by molar-refractivity contribution is -0.204. The van der Waals surface area contributed by atoms with Gasteiger partial charge in [-0.1, -0.05) is 14.4 Å².